The first-order valence-corrected chi connectivity index (χ1v) is 9.35. The maximum atomic E-state index is 11.8. The zero-order chi connectivity index (χ0) is 19.4. The average molecular weight is 379 g/mol. The SMILES string of the molecule is CN1CCO[C@@H](CNc2ncc(C(C)(C)C(=O)O)c(N3CCOCC3)n2)C1. The second kappa shape index (κ2) is 8.37. The van der Waals surface area contributed by atoms with Crippen LogP contribution in [0.1, 0.15) is 19.4 Å². The molecule has 0 spiro atoms. The van der Waals surface area contributed by atoms with E-state index in [2.05, 4.69) is 32.1 Å². The van der Waals surface area contributed by atoms with Gasteiger partial charge in [-0.2, -0.15) is 4.98 Å². The fourth-order valence-electron chi connectivity index (χ4n) is 3.23. The Labute approximate surface area is 159 Å². The van der Waals surface area contributed by atoms with Gasteiger partial charge in [0.25, 0.3) is 0 Å². The molecule has 2 aliphatic heterocycles. The van der Waals surface area contributed by atoms with Gasteiger partial charge in [-0.15, -0.1) is 0 Å². The van der Waals surface area contributed by atoms with Crippen LogP contribution in [-0.2, 0) is 19.7 Å². The van der Waals surface area contributed by atoms with Crippen molar-refractivity contribution in [3.63, 3.8) is 0 Å². The standard InChI is InChI=1S/C18H29N5O4/c1-18(2,16(24)25)14-11-20-17(19-10-13-12-22(3)4-9-27-13)21-15(14)23-5-7-26-8-6-23/h11,13H,4-10,12H2,1-3H3,(H,24,25)(H,19,20,21)/t13-/m0/s1. The molecule has 1 aromatic rings. The molecular formula is C18H29N5O4. The van der Waals surface area contributed by atoms with E-state index in [-0.39, 0.29) is 6.10 Å². The Hall–Kier alpha value is -1.97. The van der Waals surface area contributed by atoms with Gasteiger partial charge in [-0.25, -0.2) is 4.98 Å². The van der Waals surface area contributed by atoms with E-state index < -0.39 is 11.4 Å². The fourth-order valence-corrected chi connectivity index (χ4v) is 3.23. The highest BCUT2D eigenvalue weighted by molar-refractivity contribution is 5.82. The number of morpholine rings is 2. The second-order valence-corrected chi connectivity index (χ2v) is 7.60. The van der Waals surface area contributed by atoms with E-state index in [1.807, 2.05) is 0 Å². The molecule has 2 fully saturated rings. The van der Waals surface area contributed by atoms with Crippen molar-refractivity contribution in [2.24, 2.45) is 0 Å². The van der Waals surface area contributed by atoms with Crippen molar-refractivity contribution in [1.82, 2.24) is 14.9 Å². The Bertz CT molecular complexity index is 663. The van der Waals surface area contributed by atoms with Crippen LogP contribution in [0.15, 0.2) is 6.20 Å². The van der Waals surface area contributed by atoms with Crippen LogP contribution in [-0.4, -0.2) is 91.6 Å². The Morgan fingerprint density at radius 1 is 1.33 bits per heavy atom. The first-order valence-electron chi connectivity index (χ1n) is 9.35. The van der Waals surface area contributed by atoms with Gasteiger partial charge in [0.05, 0.1) is 31.3 Å². The van der Waals surface area contributed by atoms with E-state index in [0.717, 1.165) is 13.1 Å². The number of anilines is 2. The van der Waals surface area contributed by atoms with Crippen LogP contribution in [0, 0.1) is 0 Å². The summed E-state index contributed by atoms with van der Waals surface area (Å²) in [7, 11) is 2.07. The molecule has 2 N–H and O–H groups in total. The number of nitrogens with zero attached hydrogens (tertiary/aromatic N) is 4. The van der Waals surface area contributed by atoms with Gasteiger partial charge in [-0.1, -0.05) is 0 Å². The van der Waals surface area contributed by atoms with Crippen molar-refractivity contribution in [1.29, 1.82) is 0 Å². The van der Waals surface area contributed by atoms with Gasteiger partial charge in [0.1, 0.15) is 5.82 Å². The lowest BCUT2D eigenvalue weighted by Crippen LogP contribution is -2.43. The number of rotatable bonds is 6. The highest BCUT2D eigenvalue weighted by Crippen LogP contribution is 2.32. The van der Waals surface area contributed by atoms with Gasteiger partial charge in [0.15, 0.2) is 0 Å². The summed E-state index contributed by atoms with van der Waals surface area (Å²) in [4.78, 5) is 25.1. The average Bonchev–Trinajstić information content (AvgIpc) is 2.67. The molecule has 0 bridgehead atoms. The monoisotopic (exact) mass is 379 g/mol. The third kappa shape index (κ3) is 4.66. The molecule has 150 valence electrons. The molecule has 1 atom stereocenters. The smallest absolute Gasteiger partial charge is 0.313 e. The predicted octanol–water partition coefficient (Wildman–Crippen LogP) is 0.418. The van der Waals surface area contributed by atoms with Crippen LogP contribution in [0.25, 0.3) is 0 Å². The van der Waals surface area contributed by atoms with Crippen molar-refractivity contribution >= 4 is 17.7 Å². The van der Waals surface area contributed by atoms with Crippen LogP contribution in [0.3, 0.4) is 0 Å². The summed E-state index contributed by atoms with van der Waals surface area (Å²) in [6, 6.07) is 0. The third-order valence-corrected chi connectivity index (χ3v) is 5.12. The van der Waals surface area contributed by atoms with Gasteiger partial charge in [0.2, 0.25) is 5.95 Å². The molecule has 9 heteroatoms. The normalized spacial score (nSPS) is 21.9. The molecule has 3 rings (SSSR count). The first-order chi connectivity index (χ1) is 12.9. The summed E-state index contributed by atoms with van der Waals surface area (Å²) in [6.45, 7) is 9.02. The number of carbonyl (C=O) groups is 1. The van der Waals surface area contributed by atoms with E-state index in [1.165, 1.54) is 0 Å². The Morgan fingerprint density at radius 2 is 2.07 bits per heavy atom. The first kappa shape index (κ1) is 19.8. The van der Waals surface area contributed by atoms with Gasteiger partial charge >= 0.3 is 5.97 Å². The molecule has 27 heavy (non-hydrogen) atoms. The lowest BCUT2D eigenvalue weighted by molar-refractivity contribution is -0.142. The number of carboxylic acids is 1. The molecule has 2 saturated heterocycles. The quantitative estimate of drug-likeness (QED) is 0.728. The topological polar surface area (TPSA) is 100 Å². The Kier molecular flexibility index (Phi) is 6.13. The number of nitrogens with one attached hydrogen (secondary N) is 1. The van der Waals surface area contributed by atoms with Crippen molar-refractivity contribution < 1.29 is 19.4 Å². The van der Waals surface area contributed by atoms with Gasteiger partial charge in [-0.3, -0.25) is 4.79 Å². The zero-order valence-corrected chi connectivity index (χ0v) is 16.3. The number of aliphatic carboxylic acids is 1. The third-order valence-electron chi connectivity index (χ3n) is 5.12. The largest absolute Gasteiger partial charge is 0.481 e. The molecule has 0 unspecified atom stereocenters. The molecule has 1 aromatic heterocycles. The van der Waals surface area contributed by atoms with Crippen molar-refractivity contribution in [3.8, 4) is 0 Å². The number of hydrogen-bond acceptors (Lipinski definition) is 8. The fraction of sp³-hybridized carbons (Fsp3) is 0.722. The van der Waals surface area contributed by atoms with Crippen LogP contribution < -0.4 is 10.2 Å². The maximum absolute atomic E-state index is 11.8. The molecule has 3 heterocycles. The van der Waals surface area contributed by atoms with E-state index in [1.54, 1.807) is 20.0 Å². The van der Waals surface area contributed by atoms with Crippen LogP contribution in [0.4, 0.5) is 11.8 Å². The molecule has 0 amide bonds. The minimum Gasteiger partial charge on any atom is -0.481 e. The summed E-state index contributed by atoms with van der Waals surface area (Å²) >= 11 is 0. The van der Waals surface area contributed by atoms with Gasteiger partial charge in [0, 0.05) is 44.5 Å². The molecule has 0 saturated carbocycles. The summed E-state index contributed by atoms with van der Waals surface area (Å²) in [5.41, 5.74) is -0.474. The van der Waals surface area contributed by atoms with Gasteiger partial charge in [-0.05, 0) is 20.9 Å². The van der Waals surface area contributed by atoms with E-state index >= 15 is 0 Å². The summed E-state index contributed by atoms with van der Waals surface area (Å²) in [5, 5.41) is 12.9. The molecular weight excluding hydrogens is 350 g/mol. The minimum absolute atomic E-state index is 0.0781. The summed E-state index contributed by atoms with van der Waals surface area (Å²) in [6.07, 6.45) is 1.71. The van der Waals surface area contributed by atoms with E-state index in [0.29, 0.717) is 56.8 Å². The number of likely N-dealkylation sites (N-methyl/N-ethyl adjacent to an activating group) is 1. The van der Waals surface area contributed by atoms with Crippen LogP contribution in [0.5, 0.6) is 0 Å². The minimum atomic E-state index is -1.08. The number of aromatic nitrogens is 2. The molecule has 2 aliphatic rings. The Morgan fingerprint density at radius 3 is 2.74 bits per heavy atom. The molecule has 0 aromatic carbocycles. The summed E-state index contributed by atoms with van der Waals surface area (Å²) in [5.74, 6) is 0.239. The molecule has 0 radical (unpaired) electrons. The summed E-state index contributed by atoms with van der Waals surface area (Å²) < 4.78 is 11.2. The van der Waals surface area contributed by atoms with Crippen molar-refractivity contribution in [2.75, 3.05) is 69.8 Å². The molecule has 0 aliphatic carbocycles. The zero-order valence-electron chi connectivity index (χ0n) is 16.3. The lowest BCUT2D eigenvalue weighted by Gasteiger charge is -2.33. The second-order valence-electron chi connectivity index (χ2n) is 7.60. The molecule has 9 nitrogen and oxygen atoms in total. The van der Waals surface area contributed by atoms with E-state index in [4.69, 9.17) is 9.47 Å². The highest BCUT2D eigenvalue weighted by atomic mass is 16.5. The Balaban J connectivity index is 1.80. The van der Waals surface area contributed by atoms with Crippen molar-refractivity contribution in [3.05, 3.63) is 11.8 Å². The number of hydrogen-bond donors (Lipinski definition) is 2. The predicted molar refractivity (Wildman–Crippen MR) is 101 cm³/mol. The number of carboxylic acid groups (broad SMARTS) is 1. The van der Waals surface area contributed by atoms with Crippen LogP contribution in [0.2, 0.25) is 0 Å². The van der Waals surface area contributed by atoms with Crippen LogP contribution >= 0.6 is 0 Å². The van der Waals surface area contributed by atoms with E-state index in [9.17, 15) is 9.90 Å². The van der Waals surface area contributed by atoms with Crippen molar-refractivity contribution in [2.45, 2.75) is 25.4 Å². The maximum Gasteiger partial charge on any atom is 0.313 e. The lowest BCUT2D eigenvalue weighted by atomic mass is 9.85. The number of ether oxygens (including phenoxy) is 2. The highest BCUT2D eigenvalue weighted by Gasteiger charge is 2.35. The van der Waals surface area contributed by atoms with Gasteiger partial charge < -0.3 is 29.7 Å².